The number of allylic oxidation sites excluding steroid dienone is 9. The van der Waals surface area contributed by atoms with Crippen molar-refractivity contribution in [3.05, 3.63) is 185 Å². The maximum Gasteiger partial charge on any atom is 0.0125 e. The third-order valence-corrected chi connectivity index (χ3v) is 13.8. The van der Waals surface area contributed by atoms with E-state index in [1.54, 1.807) is 0 Å². The topological polar surface area (TPSA) is 0 Å². The second-order valence-electron chi connectivity index (χ2n) is 15.8. The molecule has 5 unspecified atom stereocenters. The molecular formula is C52H36S2. The first-order valence-electron chi connectivity index (χ1n) is 19.2. The molecule has 8 aromatic rings. The van der Waals surface area contributed by atoms with Gasteiger partial charge in [0.05, 0.1) is 0 Å². The van der Waals surface area contributed by atoms with E-state index in [4.69, 9.17) is 25.3 Å². The quantitative estimate of drug-likeness (QED) is 0.0990. The van der Waals surface area contributed by atoms with Crippen LogP contribution in [0.4, 0.5) is 0 Å². The van der Waals surface area contributed by atoms with Crippen LogP contribution in [-0.2, 0) is 0 Å². The molecule has 12 rings (SSSR count). The fourth-order valence-corrected chi connectivity index (χ4v) is 11.6. The molecule has 0 aliphatic heterocycles. The van der Waals surface area contributed by atoms with Gasteiger partial charge in [-0.1, -0.05) is 134 Å². The Morgan fingerprint density at radius 1 is 0.481 bits per heavy atom. The predicted molar refractivity (Wildman–Crippen MR) is 237 cm³/mol. The lowest BCUT2D eigenvalue weighted by Gasteiger charge is -2.47. The van der Waals surface area contributed by atoms with Crippen LogP contribution >= 0.6 is 25.3 Å². The molecule has 0 radical (unpaired) electrons. The molecule has 0 nitrogen and oxygen atoms in total. The number of thiol groups is 2. The Balaban J connectivity index is 1.18. The molecule has 5 atom stereocenters. The first-order chi connectivity index (χ1) is 26.6. The minimum Gasteiger partial charge on any atom is -0.144 e. The summed E-state index contributed by atoms with van der Waals surface area (Å²) in [6.45, 7) is 0. The normalized spacial score (nSPS) is 22.9. The summed E-state index contributed by atoms with van der Waals surface area (Å²) in [6, 6.07) is 45.6. The summed E-state index contributed by atoms with van der Waals surface area (Å²) >= 11 is 9.76. The summed E-state index contributed by atoms with van der Waals surface area (Å²) < 4.78 is 0. The van der Waals surface area contributed by atoms with E-state index in [1.165, 1.54) is 92.5 Å². The molecule has 8 aromatic carbocycles. The molecule has 0 fully saturated rings. The summed E-state index contributed by atoms with van der Waals surface area (Å²) in [5.74, 6) is 2.21. The number of hydrogen-bond acceptors (Lipinski definition) is 2. The minimum atomic E-state index is 0.283. The molecule has 0 amide bonds. The molecule has 0 bridgehead atoms. The number of benzene rings is 8. The van der Waals surface area contributed by atoms with Crippen molar-refractivity contribution in [2.75, 3.05) is 0 Å². The van der Waals surface area contributed by atoms with Gasteiger partial charge in [0.1, 0.15) is 0 Å². The Morgan fingerprint density at radius 3 is 1.93 bits per heavy atom. The first-order valence-corrected chi connectivity index (χ1v) is 20.1. The Kier molecular flexibility index (Phi) is 6.69. The van der Waals surface area contributed by atoms with E-state index in [9.17, 15) is 0 Å². The monoisotopic (exact) mass is 724 g/mol. The van der Waals surface area contributed by atoms with E-state index in [0.717, 1.165) is 16.2 Å². The van der Waals surface area contributed by atoms with Crippen molar-refractivity contribution in [1.82, 2.24) is 0 Å². The van der Waals surface area contributed by atoms with Crippen molar-refractivity contribution in [2.24, 2.45) is 23.7 Å². The van der Waals surface area contributed by atoms with Crippen molar-refractivity contribution in [1.29, 1.82) is 0 Å². The molecule has 54 heavy (non-hydrogen) atoms. The zero-order valence-electron chi connectivity index (χ0n) is 29.6. The lowest BCUT2D eigenvalue weighted by molar-refractivity contribution is 0.263. The molecule has 0 N–H and O–H groups in total. The van der Waals surface area contributed by atoms with Crippen LogP contribution in [-0.4, -0.2) is 0 Å². The van der Waals surface area contributed by atoms with Crippen LogP contribution in [0.2, 0.25) is 0 Å². The van der Waals surface area contributed by atoms with Gasteiger partial charge < -0.3 is 0 Å². The first kappa shape index (κ1) is 31.1. The highest BCUT2D eigenvalue weighted by Gasteiger charge is 2.44. The minimum absolute atomic E-state index is 0.283. The van der Waals surface area contributed by atoms with Gasteiger partial charge in [0.25, 0.3) is 0 Å². The second kappa shape index (κ2) is 11.6. The molecular weight excluding hydrogens is 689 g/mol. The van der Waals surface area contributed by atoms with Crippen LogP contribution in [0.25, 0.3) is 75.8 Å². The number of fused-ring (bicyclic) bond motifs is 8. The highest BCUT2D eigenvalue weighted by molar-refractivity contribution is 7.84. The van der Waals surface area contributed by atoms with Gasteiger partial charge >= 0.3 is 0 Å². The van der Waals surface area contributed by atoms with Crippen LogP contribution in [0.15, 0.2) is 185 Å². The zero-order chi connectivity index (χ0) is 35.7. The smallest absolute Gasteiger partial charge is 0.0125 e. The number of rotatable bonds is 2. The van der Waals surface area contributed by atoms with E-state index >= 15 is 0 Å². The molecule has 0 spiro atoms. The van der Waals surface area contributed by atoms with E-state index in [-0.39, 0.29) is 5.92 Å². The lowest BCUT2D eigenvalue weighted by atomic mass is 9.57. The number of hydrogen-bond donors (Lipinski definition) is 2. The van der Waals surface area contributed by atoms with Crippen molar-refractivity contribution < 1.29 is 0 Å². The largest absolute Gasteiger partial charge is 0.144 e. The third kappa shape index (κ3) is 4.42. The zero-order valence-corrected chi connectivity index (χ0v) is 31.4. The SMILES string of the molecule is SC1=CC2C=CC3=CC(c4c5ccccc5cc5c(-c6cc7c8ccccc8c(S)cc7c7ccccc67)c6ccccc6cc45)CC4C=CC(=C1)C2C34. The predicted octanol–water partition coefficient (Wildman–Crippen LogP) is 14.3. The van der Waals surface area contributed by atoms with E-state index in [2.05, 4.69) is 164 Å². The van der Waals surface area contributed by atoms with Gasteiger partial charge in [0.2, 0.25) is 0 Å². The van der Waals surface area contributed by atoms with Gasteiger partial charge in [-0.3, -0.25) is 0 Å². The summed E-state index contributed by atoms with van der Waals surface area (Å²) in [5.41, 5.74) is 7.00. The van der Waals surface area contributed by atoms with Gasteiger partial charge in [0.15, 0.2) is 0 Å². The van der Waals surface area contributed by atoms with Gasteiger partial charge in [-0.25, -0.2) is 0 Å². The van der Waals surface area contributed by atoms with Crippen LogP contribution in [0.3, 0.4) is 0 Å². The van der Waals surface area contributed by atoms with Crippen molar-refractivity contribution in [3.63, 3.8) is 0 Å². The molecule has 0 heterocycles. The van der Waals surface area contributed by atoms with Crippen LogP contribution in [0, 0.1) is 23.7 Å². The van der Waals surface area contributed by atoms with E-state index in [0.29, 0.717) is 23.7 Å². The standard InChI is InChI=1S/C52H36S2/c53-36-23-33-19-17-31-21-35(22-32-18-20-34(24-36)50(33)49(31)32)51-37-11-3-1-9-29(37)26-46-45(51)25-30-10-2-4-12-38(30)52(46)47-27-43-41-15-7-8-16-42(41)48(54)28-44(43)39-13-5-6-14-40(39)47/h1-21,23-28,32-33,35,49-50,53-54H,22H2. The molecule has 0 saturated heterocycles. The molecule has 4 aliphatic carbocycles. The van der Waals surface area contributed by atoms with Crippen LogP contribution in [0.5, 0.6) is 0 Å². The average molecular weight is 725 g/mol. The summed E-state index contributed by atoms with van der Waals surface area (Å²) in [7, 11) is 0. The maximum absolute atomic E-state index is 4.99. The lowest BCUT2D eigenvalue weighted by Crippen LogP contribution is -2.38. The molecule has 2 heteroatoms. The summed E-state index contributed by atoms with van der Waals surface area (Å²) in [6.07, 6.45) is 18.2. The molecule has 256 valence electrons. The Labute approximate surface area is 325 Å². The van der Waals surface area contributed by atoms with Gasteiger partial charge in [-0.05, 0) is 141 Å². The van der Waals surface area contributed by atoms with E-state index < -0.39 is 0 Å². The Hall–Kier alpha value is -5.28. The van der Waals surface area contributed by atoms with Gasteiger partial charge in [0, 0.05) is 27.6 Å². The Morgan fingerprint density at radius 2 is 1.11 bits per heavy atom. The fraction of sp³-hybridized carbons (Fsp3) is 0.115. The Bertz CT molecular complexity index is 3130. The van der Waals surface area contributed by atoms with Crippen LogP contribution < -0.4 is 0 Å². The molecule has 0 aromatic heterocycles. The molecule has 0 saturated carbocycles. The second-order valence-corrected chi connectivity index (χ2v) is 16.8. The summed E-state index contributed by atoms with van der Waals surface area (Å²) in [4.78, 5) is 2.10. The van der Waals surface area contributed by atoms with Gasteiger partial charge in [-0.2, -0.15) is 0 Å². The third-order valence-electron chi connectivity index (χ3n) is 13.1. The van der Waals surface area contributed by atoms with Crippen LogP contribution in [0.1, 0.15) is 17.9 Å². The highest BCUT2D eigenvalue weighted by Crippen LogP contribution is 2.56. The van der Waals surface area contributed by atoms with Crippen molar-refractivity contribution >= 4 is 89.9 Å². The fourth-order valence-electron chi connectivity index (χ4n) is 10.9. The van der Waals surface area contributed by atoms with Crippen molar-refractivity contribution in [3.8, 4) is 11.1 Å². The van der Waals surface area contributed by atoms with Gasteiger partial charge in [-0.15, -0.1) is 25.3 Å². The molecule has 4 aliphatic rings. The summed E-state index contributed by atoms with van der Waals surface area (Å²) in [5, 5.41) is 15.4. The average Bonchev–Trinajstić information content (AvgIpc) is 3.21. The maximum atomic E-state index is 4.99. The van der Waals surface area contributed by atoms with Crippen molar-refractivity contribution in [2.45, 2.75) is 17.2 Å². The highest BCUT2D eigenvalue weighted by atomic mass is 32.1. The van der Waals surface area contributed by atoms with E-state index in [1.807, 2.05) is 0 Å².